The van der Waals surface area contributed by atoms with E-state index in [-0.39, 0.29) is 31.7 Å². The van der Waals surface area contributed by atoms with Gasteiger partial charge >= 0.3 is 5.97 Å². The monoisotopic (exact) mass is 371 g/mol. The van der Waals surface area contributed by atoms with Crippen molar-refractivity contribution in [2.24, 2.45) is 0 Å². The van der Waals surface area contributed by atoms with Crippen LogP contribution in [0.5, 0.6) is 0 Å². The molecule has 1 saturated heterocycles. The number of hydrogen-bond donors (Lipinski definition) is 2. The summed E-state index contributed by atoms with van der Waals surface area (Å²) < 4.78 is 4.85. The maximum absolute atomic E-state index is 12.2. The van der Waals surface area contributed by atoms with Crippen LogP contribution in [0.4, 0.5) is 0 Å². The Kier molecular flexibility index (Phi) is 8.40. The van der Waals surface area contributed by atoms with Crippen molar-refractivity contribution in [3.63, 3.8) is 0 Å². The zero-order valence-corrected chi connectivity index (χ0v) is 15.3. The first-order valence-electron chi connectivity index (χ1n) is 9.03. The fourth-order valence-electron chi connectivity index (χ4n) is 2.99. The van der Waals surface area contributed by atoms with Gasteiger partial charge in [-0.15, -0.1) is 0 Å². The lowest BCUT2D eigenvalue weighted by Gasteiger charge is -2.33. The molecule has 0 saturated carbocycles. The number of likely N-dealkylation sites (tertiary alicyclic amines) is 1. The number of carboxylic acid groups (broad SMARTS) is 1. The number of amides is 1. The number of aliphatic hydroxyl groups excluding tert-OH is 1. The van der Waals surface area contributed by atoms with Crippen LogP contribution in [0.15, 0.2) is 42.2 Å². The zero-order chi connectivity index (χ0) is 19.5. The summed E-state index contributed by atoms with van der Waals surface area (Å²) in [5.41, 5.74) is 1.04. The third-order valence-electron chi connectivity index (χ3n) is 4.32. The molecule has 1 aromatic carbocycles. The van der Waals surface area contributed by atoms with Gasteiger partial charge in [0.2, 0.25) is 5.91 Å². The number of aliphatic carboxylic acids is 1. The van der Waals surface area contributed by atoms with E-state index in [9.17, 15) is 14.7 Å². The minimum atomic E-state index is -1.04. The number of benzene rings is 1. The van der Waals surface area contributed by atoms with E-state index in [0.29, 0.717) is 25.0 Å². The van der Waals surface area contributed by atoms with Crippen molar-refractivity contribution in [2.75, 3.05) is 19.8 Å². The molecule has 6 nitrogen and oxygen atoms in total. The predicted molar refractivity (Wildman–Crippen MR) is 101 cm³/mol. The number of allylic oxidation sites excluding steroid dienone is 1. The summed E-state index contributed by atoms with van der Waals surface area (Å²) in [6.07, 6.45) is 5.06. The van der Waals surface area contributed by atoms with Crippen molar-refractivity contribution in [1.82, 2.24) is 4.90 Å². The van der Waals surface area contributed by atoms with E-state index < -0.39 is 5.97 Å². The van der Waals surface area contributed by atoms with Crippen LogP contribution in [0.25, 0.3) is 0 Å². The van der Waals surface area contributed by atoms with Gasteiger partial charge in [0, 0.05) is 18.9 Å². The van der Waals surface area contributed by atoms with Gasteiger partial charge in [0.1, 0.15) is 13.2 Å². The number of hydrogen-bond acceptors (Lipinski definition) is 4. The molecule has 0 radical (unpaired) electrons. The summed E-state index contributed by atoms with van der Waals surface area (Å²) in [6.45, 7) is -0.0740. The van der Waals surface area contributed by atoms with E-state index in [1.807, 2.05) is 30.3 Å². The molecule has 6 heteroatoms. The van der Waals surface area contributed by atoms with Crippen LogP contribution in [0.2, 0.25) is 0 Å². The minimum absolute atomic E-state index is 0.0124. The normalized spacial score (nSPS) is 17.3. The molecular weight excluding hydrogens is 346 g/mol. The van der Waals surface area contributed by atoms with Crippen LogP contribution in [0, 0.1) is 11.8 Å². The third kappa shape index (κ3) is 7.55. The molecule has 2 rings (SSSR count). The second kappa shape index (κ2) is 11.0. The van der Waals surface area contributed by atoms with Gasteiger partial charge in [-0.25, -0.2) is 4.79 Å². The van der Waals surface area contributed by atoms with Crippen LogP contribution in [-0.2, 0) is 20.7 Å². The molecule has 1 amide bonds. The Morgan fingerprint density at radius 1 is 1.26 bits per heavy atom. The Morgan fingerprint density at radius 3 is 2.78 bits per heavy atom. The van der Waals surface area contributed by atoms with E-state index in [1.54, 1.807) is 11.0 Å². The quantitative estimate of drug-likeness (QED) is 0.417. The minimum Gasteiger partial charge on any atom is -0.512 e. The van der Waals surface area contributed by atoms with Gasteiger partial charge in [-0.1, -0.05) is 42.2 Å². The van der Waals surface area contributed by atoms with Crippen molar-refractivity contribution < 1.29 is 24.5 Å². The molecule has 1 aliphatic heterocycles. The molecule has 0 unspecified atom stereocenters. The van der Waals surface area contributed by atoms with Crippen molar-refractivity contribution in [3.8, 4) is 11.8 Å². The lowest BCUT2D eigenvalue weighted by atomic mass is 9.98. The largest absolute Gasteiger partial charge is 0.512 e. The van der Waals surface area contributed by atoms with E-state index in [0.717, 1.165) is 18.4 Å². The molecule has 2 N–H and O–H groups in total. The number of piperidine rings is 1. The molecule has 144 valence electrons. The number of carboxylic acids is 1. The molecule has 27 heavy (non-hydrogen) atoms. The van der Waals surface area contributed by atoms with Crippen LogP contribution >= 0.6 is 0 Å². The molecule has 1 aromatic rings. The van der Waals surface area contributed by atoms with E-state index in [2.05, 4.69) is 11.8 Å². The Bertz CT molecular complexity index is 717. The van der Waals surface area contributed by atoms with Gasteiger partial charge in [0.25, 0.3) is 0 Å². The average Bonchev–Trinajstić information content (AvgIpc) is 2.65. The summed E-state index contributed by atoms with van der Waals surface area (Å²) in [6, 6.07) is 9.74. The summed E-state index contributed by atoms with van der Waals surface area (Å²) in [4.78, 5) is 24.3. The lowest BCUT2D eigenvalue weighted by Crippen LogP contribution is -2.43. The highest BCUT2D eigenvalue weighted by molar-refractivity contribution is 5.77. The summed E-state index contributed by atoms with van der Waals surface area (Å²) in [5.74, 6) is 4.92. The van der Waals surface area contributed by atoms with Crippen molar-refractivity contribution >= 4 is 11.9 Å². The van der Waals surface area contributed by atoms with Gasteiger partial charge in [-0.2, -0.15) is 0 Å². The highest BCUT2D eigenvalue weighted by Gasteiger charge is 2.26. The second-order valence-electron chi connectivity index (χ2n) is 6.40. The Balaban J connectivity index is 1.87. The molecule has 0 aromatic heterocycles. The topological polar surface area (TPSA) is 87.1 Å². The summed E-state index contributed by atoms with van der Waals surface area (Å²) in [7, 11) is 0. The van der Waals surface area contributed by atoms with Crippen LogP contribution in [0.1, 0.15) is 31.2 Å². The second-order valence-corrected chi connectivity index (χ2v) is 6.40. The lowest BCUT2D eigenvalue weighted by molar-refractivity contribution is -0.141. The summed E-state index contributed by atoms with van der Waals surface area (Å²) >= 11 is 0. The van der Waals surface area contributed by atoms with Crippen LogP contribution in [0.3, 0.4) is 0 Å². The van der Waals surface area contributed by atoms with Crippen LogP contribution in [-0.4, -0.2) is 52.8 Å². The van der Waals surface area contributed by atoms with Gasteiger partial charge in [0.15, 0.2) is 0 Å². The Hall–Kier alpha value is -2.78. The number of ether oxygens (including phenoxy) is 1. The van der Waals surface area contributed by atoms with E-state index >= 15 is 0 Å². The van der Waals surface area contributed by atoms with Gasteiger partial charge < -0.3 is 19.8 Å². The number of carbonyl (C=O) groups is 2. The van der Waals surface area contributed by atoms with Gasteiger partial charge in [0.05, 0.1) is 12.3 Å². The van der Waals surface area contributed by atoms with Crippen molar-refractivity contribution in [2.45, 2.75) is 38.1 Å². The molecule has 0 bridgehead atoms. The van der Waals surface area contributed by atoms with E-state index in [4.69, 9.17) is 9.84 Å². The van der Waals surface area contributed by atoms with Crippen molar-refractivity contribution in [1.29, 1.82) is 0 Å². The molecule has 1 heterocycles. The predicted octanol–water partition coefficient (Wildman–Crippen LogP) is 2.55. The first kappa shape index (κ1) is 20.5. The molecular formula is C21H25NO5. The van der Waals surface area contributed by atoms with E-state index in [1.165, 1.54) is 0 Å². The Morgan fingerprint density at radius 2 is 2.04 bits per heavy atom. The van der Waals surface area contributed by atoms with Gasteiger partial charge in [-0.05, 0) is 30.9 Å². The average molecular weight is 371 g/mol. The highest BCUT2D eigenvalue weighted by Crippen LogP contribution is 2.21. The molecule has 1 fully saturated rings. The maximum Gasteiger partial charge on any atom is 0.329 e. The van der Waals surface area contributed by atoms with Crippen LogP contribution < -0.4 is 0 Å². The fraction of sp³-hybridized carbons (Fsp3) is 0.429. The summed E-state index contributed by atoms with van der Waals surface area (Å²) in [5, 5.41) is 18.7. The smallest absolute Gasteiger partial charge is 0.329 e. The molecule has 1 atom stereocenters. The first-order chi connectivity index (χ1) is 13.1. The Labute approximate surface area is 159 Å². The third-order valence-corrected chi connectivity index (χ3v) is 4.32. The standard InChI is InChI=1S/C21H25NO5/c23-19(15-17-7-2-1-3-8-17)12-11-18-9-6-10-20(24)22(18)13-4-5-14-27-16-21(25)26/h1-3,7-8,12,18,23H,6,9-11,13-16H2,(H,25,26)/b19-12-/t18-/m1/s1. The molecule has 0 spiro atoms. The number of nitrogens with zero attached hydrogens (tertiary/aromatic N) is 1. The van der Waals surface area contributed by atoms with Gasteiger partial charge in [-0.3, -0.25) is 4.79 Å². The zero-order valence-electron chi connectivity index (χ0n) is 15.3. The van der Waals surface area contributed by atoms with Crippen molar-refractivity contribution in [3.05, 3.63) is 47.7 Å². The molecule has 0 aliphatic carbocycles. The number of rotatable bonds is 8. The first-order valence-corrected chi connectivity index (χ1v) is 9.03. The molecule has 1 aliphatic rings. The number of aliphatic hydroxyl groups is 1. The fourth-order valence-corrected chi connectivity index (χ4v) is 2.99. The SMILES string of the molecule is O=C(O)COCC#CCN1C(=O)CCC[C@@H]1C/C=C(\O)Cc1ccccc1. The highest BCUT2D eigenvalue weighted by atomic mass is 16.5. The number of carbonyl (C=O) groups excluding carboxylic acids is 1. The maximum atomic E-state index is 12.2.